The molecule has 4 nitrogen and oxygen atoms in total. The van der Waals surface area contributed by atoms with Gasteiger partial charge in [0.15, 0.2) is 0 Å². The summed E-state index contributed by atoms with van der Waals surface area (Å²) in [5, 5.41) is 0.146. The van der Waals surface area contributed by atoms with Crippen LogP contribution in [0.15, 0.2) is 0 Å². The van der Waals surface area contributed by atoms with Crippen molar-refractivity contribution in [3.8, 4) is 0 Å². The van der Waals surface area contributed by atoms with Crippen LogP contribution in [0, 0.1) is 0 Å². The number of hydrogen-bond acceptors (Lipinski definition) is 4. The van der Waals surface area contributed by atoms with Crippen LogP contribution in [0.4, 0.5) is 5.95 Å². The second kappa shape index (κ2) is 2.86. The van der Waals surface area contributed by atoms with Gasteiger partial charge in [-0.15, -0.1) is 0 Å². The van der Waals surface area contributed by atoms with E-state index in [1.807, 2.05) is 20.8 Å². The van der Waals surface area contributed by atoms with Crippen LogP contribution in [0.2, 0.25) is 5.28 Å². The van der Waals surface area contributed by atoms with Gasteiger partial charge >= 0.3 is 0 Å². The van der Waals surface area contributed by atoms with E-state index >= 15 is 0 Å². The van der Waals surface area contributed by atoms with Crippen molar-refractivity contribution in [1.82, 2.24) is 15.0 Å². The highest BCUT2D eigenvalue weighted by atomic mass is 35.5. The molecule has 66 valence electrons. The van der Waals surface area contributed by atoms with Crippen LogP contribution in [0.3, 0.4) is 0 Å². The molecule has 0 aliphatic carbocycles. The lowest BCUT2D eigenvalue weighted by Gasteiger charge is -2.15. The van der Waals surface area contributed by atoms with Crippen LogP contribution in [-0.2, 0) is 5.41 Å². The molecule has 0 bridgehead atoms. The maximum Gasteiger partial charge on any atom is 0.227 e. The number of hydrogen-bond donors (Lipinski definition) is 1. The Hall–Kier alpha value is -0.900. The highest BCUT2D eigenvalue weighted by Gasteiger charge is 2.18. The molecular formula is C7H11ClN4. The minimum absolute atomic E-state index is 0.146. The molecule has 0 amide bonds. The Morgan fingerprint density at radius 2 is 1.75 bits per heavy atom. The number of rotatable bonds is 0. The third-order valence-corrected chi connectivity index (χ3v) is 1.47. The Kier molecular flexibility index (Phi) is 2.19. The maximum absolute atomic E-state index is 5.61. The van der Waals surface area contributed by atoms with Crippen molar-refractivity contribution >= 4 is 17.5 Å². The summed E-state index contributed by atoms with van der Waals surface area (Å²) in [5.41, 5.74) is 5.26. The van der Waals surface area contributed by atoms with Crippen molar-refractivity contribution in [1.29, 1.82) is 0 Å². The summed E-state index contributed by atoms with van der Waals surface area (Å²) in [5.74, 6) is 0.778. The molecule has 0 fully saturated rings. The molecule has 0 aromatic carbocycles. The van der Waals surface area contributed by atoms with Gasteiger partial charge in [0.25, 0.3) is 0 Å². The first kappa shape index (κ1) is 9.19. The second-order valence-electron chi connectivity index (χ2n) is 3.54. The molecule has 0 aliphatic heterocycles. The molecule has 5 heteroatoms. The minimum Gasteiger partial charge on any atom is -0.368 e. The Bertz CT molecular complexity index is 272. The van der Waals surface area contributed by atoms with E-state index in [4.69, 9.17) is 17.3 Å². The zero-order valence-electron chi connectivity index (χ0n) is 7.30. The van der Waals surface area contributed by atoms with E-state index in [0.717, 1.165) is 0 Å². The summed E-state index contributed by atoms with van der Waals surface area (Å²) < 4.78 is 0. The van der Waals surface area contributed by atoms with E-state index in [1.54, 1.807) is 0 Å². The lowest BCUT2D eigenvalue weighted by molar-refractivity contribution is 0.543. The predicted molar refractivity (Wildman–Crippen MR) is 47.9 cm³/mol. The van der Waals surface area contributed by atoms with Gasteiger partial charge in [-0.2, -0.15) is 9.97 Å². The van der Waals surface area contributed by atoms with E-state index in [-0.39, 0.29) is 16.6 Å². The van der Waals surface area contributed by atoms with Crippen molar-refractivity contribution in [3.63, 3.8) is 0 Å². The first-order valence-corrected chi connectivity index (χ1v) is 3.95. The molecule has 0 saturated carbocycles. The Balaban J connectivity index is 3.18. The average Bonchev–Trinajstić information content (AvgIpc) is 1.82. The third-order valence-electron chi connectivity index (χ3n) is 1.30. The first-order chi connectivity index (χ1) is 5.39. The second-order valence-corrected chi connectivity index (χ2v) is 3.87. The van der Waals surface area contributed by atoms with Crippen molar-refractivity contribution in [2.24, 2.45) is 0 Å². The van der Waals surface area contributed by atoms with Crippen LogP contribution in [0.1, 0.15) is 26.6 Å². The van der Waals surface area contributed by atoms with Crippen LogP contribution < -0.4 is 5.73 Å². The van der Waals surface area contributed by atoms with Gasteiger partial charge in [0.05, 0.1) is 0 Å². The van der Waals surface area contributed by atoms with Gasteiger partial charge in [-0.3, -0.25) is 0 Å². The Labute approximate surface area is 76.2 Å². The summed E-state index contributed by atoms with van der Waals surface area (Å²) in [7, 11) is 0. The van der Waals surface area contributed by atoms with Crippen LogP contribution in [0.25, 0.3) is 0 Å². The monoisotopic (exact) mass is 186 g/mol. The standard InChI is InChI=1S/C7H11ClN4/c1-7(2,3)4-10-5(8)12-6(9)11-4/h1-3H3,(H2,9,10,11,12). The average molecular weight is 187 g/mol. The largest absolute Gasteiger partial charge is 0.368 e. The number of anilines is 1. The number of aromatic nitrogens is 3. The van der Waals surface area contributed by atoms with Gasteiger partial charge in [-0.1, -0.05) is 20.8 Å². The zero-order chi connectivity index (χ0) is 9.35. The number of halogens is 1. The molecular weight excluding hydrogens is 176 g/mol. The number of nitrogen functional groups attached to an aromatic ring is 1. The van der Waals surface area contributed by atoms with E-state index < -0.39 is 0 Å². The van der Waals surface area contributed by atoms with Gasteiger partial charge in [-0.05, 0) is 11.6 Å². The molecule has 0 saturated heterocycles. The van der Waals surface area contributed by atoms with Crippen molar-refractivity contribution in [2.45, 2.75) is 26.2 Å². The topological polar surface area (TPSA) is 64.7 Å². The Morgan fingerprint density at radius 1 is 1.17 bits per heavy atom. The molecule has 1 aromatic rings. The minimum atomic E-state index is -0.152. The molecule has 1 heterocycles. The number of nitrogens with two attached hydrogens (primary N) is 1. The van der Waals surface area contributed by atoms with E-state index in [9.17, 15) is 0 Å². The molecule has 1 rings (SSSR count). The molecule has 0 radical (unpaired) electrons. The number of nitrogens with zero attached hydrogens (tertiary/aromatic N) is 3. The molecule has 2 N–H and O–H groups in total. The first-order valence-electron chi connectivity index (χ1n) is 3.57. The SMILES string of the molecule is CC(C)(C)c1nc(N)nc(Cl)n1. The Morgan fingerprint density at radius 3 is 2.17 bits per heavy atom. The molecule has 0 atom stereocenters. The van der Waals surface area contributed by atoms with Crippen molar-refractivity contribution in [3.05, 3.63) is 11.1 Å². The van der Waals surface area contributed by atoms with Gasteiger partial charge in [0, 0.05) is 5.41 Å². The fraction of sp³-hybridized carbons (Fsp3) is 0.571. The van der Waals surface area contributed by atoms with E-state index in [1.165, 1.54) is 0 Å². The van der Waals surface area contributed by atoms with Gasteiger partial charge in [-0.25, -0.2) is 4.98 Å². The lowest BCUT2D eigenvalue weighted by Crippen LogP contribution is -2.17. The van der Waals surface area contributed by atoms with E-state index in [0.29, 0.717) is 5.82 Å². The van der Waals surface area contributed by atoms with Gasteiger partial charge in [0.1, 0.15) is 5.82 Å². The van der Waals surface area contributed by atoms with Crippen molar-refractivity contribution < 1.29 is 0 Å². The van der Waals surface area contributed by atoms with Crippen LogP contribution in [-0.4, -0.2) is 15.0 Å². The summed E-state index contributed by atoms with van der Waals surface area (Å²) in [4.78, 5) is 11.6. The third kappa shape index (κ3) is 2.04. The highest BCUT2D eigenvalue weighted by Crippen LogP contribution is 2.19. The van der Waals surface area contributed by atoms with Crippen molar-refractivity contribution in [2.75, 3.05) is 5.73 Å². The quantitative estimate of drug-likeness (QED) is 0.666. The molecule has 0 aliphatic rings. The van der Waals surface area contributed by atoms with E-state index in [2.05, 4.69) is 15.0 Å². The fourth-order valence-corrected chi connectivity index (χ4v) is 0.867. The predicted octanol–water partition coefficient (Wildman–Crippen LogP) is 1.40. The molecule has 12 heavy (non-hydrogen) atoms. The lowest BCUT2D eigenvalue weighted by atomic mass is 9.96. The normalized spacial score (nSPS) is 11.7. The summed E-state index contributed by atoms with van der Waals surface area (Å²) in [6.45, 7) is 5.95. The van der Waals surface area contributed by atoms with Gasteiger partial charge < -0.3 is 5.73 Å². The zero-order valence-corrected chi connectivity index (χ0v) is 8.05. The molecule has 0 spiro atoms. The fourth-order valence-electron chi connectivity index (χ4n) is 0.701. The summed E-state index contributed by atoms with van der Waals surface area (Å²) in [6.07, 6.45) is 0. The summed E-state index contributed by atoms with van der Waals surface area (Å²) >= 11 is 5.61. The molecule has 0 unspecified atom stereocenters. The maximum atomic E-state index is 5.61. The smallest absolute Gasteiger partial charge is 0.227 e. The molecule has 1 aromatic heterocycles. The van der Waals surface area contributed by atoms with Crippen LogP contribution >= 0.6 is 11.6 Å². The van der Waals surface area contributed by atoms with Crippen LogP contribution in [0.5, 0.6) is 0 Å². The highest BCUT2D eigenvalue weighted by molar-refractivity contribution is 6.28. The summed E-state index contributed by atoms with van der Waals surface area (Å²) in [6, 6.07) is 0. The van der Waals surface area contributed by atoms with Gasteiger partial charge in [0.2, 0.25) is 11.2 Å².